The molecule has 7 heteroatoms. The third-order valence-electron chi connectivity index (χ3n) is 5.76. The SMILES string of the molecule is CCCCCCCNc1cc(N(Cc2ccccc2)C(=O)OC(C)(C)C)n2ncc(C(C)C)c2n1. The molecule has 7 nitrogen and oxygen atoms in total. The molecule has 0 fully saturated rings. The van der Waals surface area contributed by atoms with E-state index in [9.17, 15) is 4.79 Å². The molecule has 0 saturated heterocycles. The minimum Gasteiger partial charge on any atom is -0.443 e. The summed E-state index contributed by atoms with van der Waals surface area (Å²) in [5, 5.41) is 8.11. The van der Waals surface area contributed by atoms with Gasteiger partial charge in [-0.2, -0.15) is 9.61 Å². The third kappa shape index (κ3) is 7.44. The maximum atomic E-state index is 13.4. The molecule has 1 aromatic carbocycles. The van der Waals surface area contributed by atoms with Crippen LogP contribution in [-0.2, 0) is 11.3 Å². The number of unbranched alkanes of at least 4 members (excludes halogenated alkanes) is 4. The Morgan fingerprint density at radius 2 is 1.83 bits per heavy atom. The second-order valence-corrected chi connectivity index (χ2v) is 10.4. The Bertz CT molecular complexity index is 1090. The lowest BCUT2D eigenvalue weighted by atomic mass is 10.1. The number of hydrogen-bond donors (Lipinski definition) is 1. The van der Waals surface area contributed by atoms with E-state index >= 15 is 0 Å². The van der Waals surface area contributed by atoms with E-state index in [1.807, 2.05) is 63.4 Å². The first-order chi connectivity index (χ1) is 16.7. The molecule has 0 aliphatic carbocycles. The molecular formula is C28H41N5O2. The Kier molecular flexibility index (Phi) is 9.13. The summed E-state index contributed by atoms with van der Waals surface area (Å²) in [5.74, 6) is 1.63. The summed E-state index contributed by atoms with van der Waals surface area (Å²) in [4.78, 5) is 20.0. The van der Waals surface area contributed by atoms with E-state index in [-0.39, 0.29) is 5.92 Å². The predicted molar refractivity (Wildman–Crippen MR) is 143 cm³/mol. The van der Waals surface area contributed by atoms with Crippen molar-refractivity contribution in [3.8, 4) is 0 Å². The third-order valence-corrected chi connectivity index (χ3v) is 5.76. The van der Waals surface area contributed by atoms with E-state index in [1.54, 1.807) is 9.42 Å². The fourth-order valence-corrected chi connectivity index (χ4v) is 3.92. The molecule has 1 N–H and O–H groups in total. The minimum absolute atomic E-state index is 0.251. The first-order valence-corrected chi connectivity index (χ1v) is 12.9. The molecule has 0 unspecified atom stereocenters. The molecule has 0 saturated carbocycles. The second-order valence-electron chi connectivity index (χ2n) is 10.4. The molecule has 35 heavy (non-hydrogen) atoms. The largest absolute Gasteiger partial charge is 0.443 e. The van der Waals surface area contributed by atoms with Gasteiger partial charge in [0.2, 0.25) is 0 Å². The molecule has 190 valence electrons. The normalized spacial score (nSPS) is 11.7. The summed E-state index contributed by atoms with van der Waals surface area (Å²) < 4.78 is 7.57. The highest BCUT2D eigenvalue weighted by atomic mass is 16.6. The molecule has 0 aliphatic rings. The van der Waals surface area contributed by atoms with Crippen molar-refractivity contribution >= 4 is 23.4 Å². The maximum absolute atomic E-state index is 13.4. The predicted octanol–water partition coefficient (Wildman–Crippen LogP) is 7.18. The number of ether oxygens (including phenoxy) is 1. The molecular weight excluding hydrogens is 438 g/mol. The molecule has 0 spiro atoms. The second kappa shape index (κ2) is 12.0. The number of hydrogen-bond acceptors (Lipinski definition) is 5. The van der Waals surface area contributed by atoms with Crippen molar-refractivity contribution in [1.82, 2.24) is 14.6 Å². The number of amides is 1. The smallest absolute Gasteiger partial charge is 0.416 e. The summed E-state index contributed by atoms with van der Waals surface area (Å²) in [6.07, 6.45) is 7.46. The van der Waals surface area contributed by atoms with Crippen molar-refractivity contribution < 1.29 is 9.53 Å². The number of carbonyl (C=O) groups is 1. The average Bonchev–Trinajstić information content (AvgIpc) is 3.23. The summed E-state index contributed by atoms with van der Waals surface area (Å²) in [6.45, 7) is 13.3. The quantitative estimate of drug-likeness (QED) is 0.295. The van der Waals surface area contributed by atoms with E-state index in [0.29, 0.717) is 12.4 Å². The minimum atomic E-state index is -0.620. The number of aromatic nitrogens is 3. The van der Waals surface area contributed by atoms with Crippen LogP contribution in [0.15, 0.2) is 42.6 Å². The van der Waals surface area contributed by atoms with Gasteiger partial charge in [0.05, 0.1) is 12.7 Å². The lowest BCUT2D eigenvalue weighted by Crippen LogP contribution is -2.37. The Morgan fingerprint density at radius 1 is 1.11 bits per heavy atom. The zero-order chi connectivity index (χ0) is 25.4. The van der Waals surface area contributed by atoms with Gasteiger partial charge in [-0.25, -0.2) is 9.78 Å². The molecule has 0 radical (unpaired) electrons. The summed E-state index contributed by atoms with van der Waals surface area (Å²) in [7, 11) is 0. The van der Waals surface area contributed by atoms with Crippen molar-refractivity contribution in [1.29, 1.82) is 0 Å². The van der Waals surface area contributed by atoms with Crippen LogP contribution in [0.2, 0.25) is 0 Å². The van der Waals surface area contributed by atoms with Gasteiger partial charge in [-0.1, -0.05) is 76.8 Å². The van der Waals surface area contributed by atoms with Gasteiger partial charge < -0.3 is 10.1 Å². The number of rotatable bonds is 11. The molecule has 3 aromatic rings. The van der Waals surface area contributed by atoms with Crippen LogP contribution in [0.4, 0.5) is 16.4 Å². The first kappa shape index (κ1) is 26.5. The zero-order valence-corrected chi connectivity index (χ0v) is 22.2. The van der Waals surface area contributed by atoms with Gasteiger partial charge in [-0.15, -0.1) is 0 Å². The van der Waals surface area contributed by atoms with Gasteiger partial charge in [-0.05, 0) is 38.7 Å². The number of carbonyl (C=O) groups excluding carboxylic acids is 1. The van der Waals surface area contributed by atoms with Crippen LogP contribution in [0.5, 0.6) is 0 Å². The van der Waals surface area contributed by atoms with Gasteiger partial charge in [0, 0.05) is 18.2 Å². The van der Waals surface area contributed by atoms with E-state index < -0.39 is 11.7 Å². The number of benzene rings is 1. The van der Waals surface area contributed by atoms with Crippen molar-refractivity contribution in [2.75, 3.05) is 16.8 Å². The van der Waals surface area contributed by atoms with Gasteiger partial charge in [0.15, 0.2) is 5.65 Å². The summed E-state index contributed by atoms with van der Waals surface area (Å²) in [5.41, 5.74) is 2.18. The topological polar surface area (TPSA) is 71.8 Å². The molecule has 3 rings (SSSR count). The average molecular weight is 480 g/mol. The monoisotopic (exact) mass is 479 g/mol. The maximum Gasteiger partial charge on any atom is 0.416 e. The molecule has 0 aliphatic heterocycles. The van der Waals surface area contributed by atoms with E-state index in [4.69, 9.17) is 9.72 Å². The fraction of sp³-hybridized carbons (Fsp3) is 0.536. The van der Waals surface area contributed by atoms with Crippen molar-refractivity contribution in [2.24, 2.45) is 0 Å². The van der Waals surface area contributed by atoms with Gasteiger partial charge in [0.1, 0.15) is 17.2 Å². The van der Waals surface area contributed by atoms with Crippen molar-refractivity contribution in [3.05, 3.63) is 53.7 Å². The summed E-state index contributed by atoms with van der Waals surface area (Å²) >= 11 is 0. The first-order valence-electron chi connectivity index (χ1n) is 12.9. The van der Waals surface area contributed by atoms with Crippen molar-refractivity contribution in [3.63, 3.8) is 0 Å². The van der Waals surface area contributed by atoms with Gasteiger partial charge >= 0.3 is 6.09 Å². The van der Waals surface area contributed by atoms with Crippen LogP contribution in [0.3, 0.4) is 0 Å². The highest BCUT2D eigenvalue weighted by Crippen LogP contribution is 2.28. The summed E-state index contributed by atoms with van der Waals surface area (Å²) in [6, 6.07) is 11.8. The highest BCUT2D eigenvalue weighted by Gasteiger charge is 2.27. The lowest BCUT2D eigenvalue weighted by molar-refractivity contribution is 0.0575. The molecule has 0 atom stereocenters. The lowest BCUT2D eigenvalue weighted by Gasteiger charge is -2.28. The highest BCUT2D eigenvalue weighted by molar-refractivity contribution is 5.88. The number of nitrogens with one attached hydrogen (secondary N) is 1. The zero-order valence-electron chi connectivity index (χ0n) is 22.2. The molecule has 1 amide bonds. The van der Waals surface area contributed by atoms with Crippen LogP contribution in [0.1, 0.15) is 90.7 Å². The molecule has 2 aromatic heterocycles. The van der Waals surface area contributed by atoms with Gasteiger partial charge in [-0.3, -0.25) is 4.90 Å². The van der Waals surface area contributed by atoms with Crippen LogP contribution in [0, 0.1) is 0 Å². The Balaban J connectivity index is 2.00. The Hall–Kier alpha value is -3.09. The standard InChI is InChI=1S/C28H41N5O2/c1-7-8-9-10-14-17-29-24-18-25(33-26(31-24)23(19-30-33)21(2)3)32(27(34)35-28(4,5)6)20-22-15-12-11-13-16-22/h11-13,15-16,18-19,21H,7-10,14,17,20H2,1-6H3,(H,29,31). The van der Waals surface area contributed by atoms with Crippen LogP contribution in [0.25, 0.3) is 5.65 Å². The van der Waals surface area contributed by atoms with Crippen molar-refractivity contribution in [2.45, 2.75) is 91.7 Å². The van der Waals surface area contributed by atoms with Crippen LogP contribution < -0.4 is 10.2 Å². The number of anilines is 2. The van der Waals surface area contributed by atoms with Crippen LogP contribution in [-0.4, -0.2) is 32.8 Å². The van der Waals surface area contributed by atoms with Crippen LogP contribution >= 0.6 is 0 Å². The van der Waals surface area contributed by atoms with E-state index in [2.05, 4.69) is 31.2 Å². The fourth-order valence-electron chi connectivity index (χ4n) is 3.92. The van der Waals surface area contributed by atoms with Gasteiger partial charge in [0.25, 0.3) is 0 Å². The Labute approximate surface area is 209 Å². The van der Waals surface area contributed by atoms with E-state index in [1.165, 1.54) is 25.7 Å². The number of nitrogens with zero attached hydrogens (tertiary/aromatic N) is 4. The number of fused-ring (bicyclic) bond motifs is 1. The van der Waals surface area contributed by atoms with E-state index in [0.717, 1.165) is 35.6 Å². The molecule has 0 bridgehead atoms. The Morgan fingerprint density at radius 3 is 2.49 bits per heavy atom. The molecule has 2 heterocycles.